The first-order valence-electron chi connectivity index (χ1n) is 5.66. The minimum Gasteiger partial charge on any atom is -0.481 e. The van der Waals surface area contributed by atoms with Crippen LogP contribution < -0.4 is 4.72 Å². The largest absolute Gasteiger partial charge is 0.481 e. The second-order valence-electron chi connectivity index (χ2n) is 4.26. The zero-order valence-electron chi connectivity index (χ0n) is 10.8. The number of nitrogens with zero attached hydrogens (tertiary/aromatic N) is 1. The molecule has 0 aromatic heterocycles. The van der Waals surface area contributed by atoms with Crippen LogP contribution in [0.1, 0.15) is 33.6 Å². The summed E-state index contributed by atoms with van der Waals surface area (Å²) in [4.78, 5) is 10.4. The zero-order chi connectivity index (χ0) is 13.6. The van der Waals surface area contributed by atoms with Gasteiger partial charge in [0.25, 0.3) is 10.2 Å². The number of aliphatic carboxylic acids is 1. The molecular formula is C10H22N2O4S. The summed E-state index contributed by atoms with van der Waals surface area (Å²) in [7, 11) is -2.22. The van der Waals surface area contributed by atoms with Crippen LogP contribution in [0.25, 0.3) is 0 Å². The van der Waals surface area contributed by atoms with Gasteiger partial charge < -0.3 is 5.11 Å². The van der Waals surface area contributed by atoms with Gasteiger partial charge in [-0.2, -0.15) is 17.4 Å². The summed E-state index contributed by atoms with van der Waals surface area (Å²) >= 11 is 0. The molecule has 0 heterocycles. The van der Waals surface area contributed by atoms with E-state index < -0.39 is 16.2 Å². The SMILES string of the molecule is CCC(C)C(C)NS(=O)(=O)N(C)CCC(=O)O. The molecule has 0 amide bonds. The van der Waals surface area contributed by atoms with Gasteiger partial charge in [0.1, 0.15) is 0 Å². The fraction of sp³-hybridized carbons (Fsp3) is 0.900. The molecule has 0 aliphatic heterocycles. The Morgan fingerprint density at radius 2 is 1.94 bits per heavy atom. The van der Waals surface area contributed by atoms with Gasteiger partial charge in [0.15, 0.2) is 0 Å². The molecule has 0 spiro atoms. The first kappa shape index (κ1) is 16.3. The van der Waals surface area contributed by atoms with Crippen molar-refractivity contribution in [1.29, 1.82) is 0 Å². The minimum absolute atomic E-state index is 0.0299. The monoisotopic (exact) mass is 266 g/mol. The topological polar surface area (TPSA) is 86.7 Å². The first-order valence-corrected chi connectivity index (χ1v) is 7.10. The van der Waals surface area contributed by atoms with Crippen molar-refractivity contribution in [2.45, 2.75) is 39.7 Å². The Bertz CT molecular complexity index is 342. The van der Waals surface area contributed by atoms with Crippen LogP contribution in [0.15, 0.2) is 0 Å². The molecule has 2 N–H and O–H groups in total. The van der Waals surface area contributed by atoms with E-state index in [0.717, 1.165) is 10.7 Å². The first-order chi connectivity index (χ1) is 7.70. The number of rotatable bonds is 8. The zero-order valence-corrected chi connectivity index (χ0v) is 11.6. The van der Waals surface area contributed by atoms with Crippen molar-refractivity contribution in [2.24, 2.45) is 5.92 Å². The van der Waals surface area contributed by atoms with E-state index in [9.17, 15) is 13.2 Å². The van der Waals surface area contributed by atoms with Crippen molar-refractivity contribution in [3.8, 4) is 0 Å². The maximum absolute atomic E-state index is 11.8. The van der Waals surface area contributed by atoms with Crippen LogP contribution >= 0.6 is 0 Å². The molecule has 0 radical (unpaired) electrons. The quantitative estimate of drug-likeness (QED) is 0.675. The van der Waals surface area contributed by atoms with E-state index in [4.69, 9.17) is 5.11 Å². The van der Waals surface area contributed by atoms with Crippen LogP contribution in [0.4, 0.5) is 0 Å². The lowest BCUT2D eigenvalue weighted by Gasteiger charge is -2.23. The van der Waals surface area contributed by atoms with Crippen LogP contribution in [0, 0.1) is 5.92 Å². The van der Waals surface area contributed by atoms with Gasteiger partial charge in [0.05, 0.1) is 6.42 Å². The smallest absolute Gasteiger partial charge is 0.304 e. The number of carbonyl (C=O) groups is 1. The fourth-order valence-corrected chi connectivity index (χ4v) is 2.38. The van der Waals surface area contributed by atoms with E-state index in [0.29, 0.717) is 0 Å². The number of nitrogens with one attached hydrogen (secondary N) is 1. The summed E-state index contributed by atoms with van der Waals surface area (Å²) in [5, 5.41) is 8.49. The molecule has 0 aliphatic rings. The Balaban J connectivity index is 4.41. The summed E-state index contributed by atoms with van der Waals surface area (Å²) in [6.07, 6.45) is 0.678. The van der Waals surface area contributed by atoms with Crippen LogP contribution in [-0.2, 0) is 15.0 Å². The van der Waals surface area contributed by atoms with Gasteiger partial charge in [-0.25, -0.2) is 0 Å². The minimum atomic E-state index is -3.59. The van der Waals surface area contributed by atoms with Gasteiger partial charge in [-0.05, 0) is 12.8 Å². The molecular weight excluding hydrogens is 244 g/mol. The van der Waals surface area contributed by atoms with E-state index >= 15 is 0 Å². The highest BCUT2D eigenvalue weighted by molar-refractivity contribution is 7.87. The summed E-state index contributed by atoms with van der Waals surface area (Å²) in [6.45, 7) is 5.72. The van der Waals surface area contributed by atoms with Gasteiger partial charge in [0, 0.05) is 19.6 Å². The highest BCUT2D eigenvalue weighted by Gasteiger charge is 2.22. The Hall–Kier alpha value is -0.660. The molecule has 0 aromatic rings. The third-order valence-corrected chi connectivity index (χ3v) is 4.56. The fourth-order valence-electron chi connectivity index (χ4n) is 1.17. The second kappa shape index (κ2) is 6.93. The predicted octanol–water partition coefficient (Wildman–Crippen LogP) is 0.662. The molecule has 0 rings (SSSR count). The van der Waals surface area contributed by atoms with E-state index in [-0.39, 0.29) is 24.9 Å². The van der Waals surface area contributed by atoms with Gasteiger partial charge >= 0.3 is 5.97 Å². The molecule has 102 valence electrons. The van der Waals surface area contributed by atoms with E-state index in [1.54, 1.807) is 6.92 Å². The second-order valence-corrected chi connectivity index (χ2v) is 6.07. The molecule has 17 heavy (non-hydrogen) atoms. The number of hydrogen-bond acceptors (Lipinski definition) is 3. The lowest BCUT2D eigenvalue weighted by molar-refractivity contribution is -0.137. The Kier molecular flexibility index (Phi) is 6.66. The third kappa shape index (κ3) is 5.99. The normalized spacial score (nSPS) is 15.8. The van der Waals surface area contributed by atoms with Gasteiger partial charge in [-0.3, -0.25) is 4.79 Å². The average molecular weight is 266 g/mol. The van der Waals surface area contributed by atoms with Crippen molar-refractivity contribution < 1.29 is 18.3 Å². The molecule has 0 aliphatic carbocycles. The summed E-state index contributed by atoms with van der Waals surface area (Å²) in [5.41, 5.74) is 0. The number of carboxylic acids is 1. The summed E-state index contributed by atoms with van der Waals surface area (Å²) < 4.78 is 27.2. The Morgan fingerprint density at radius 3 is 2.35 bits per heavy atom. The number of carboxylic acid groups (broad SMARTS) is 1. The molecule has 2 unspecified atom stereocenters. The van der Waals surface area contributed by atoms with Crippen molar-refractivity contribution >= 4 is 16.2 Å². The van der Waals surface area contributed by atoms with Crippen molar-refractivity contribution in [1.82, 2.24) is 9.03 Å². The predicted molar refractivity (Wildman–Crippen MR) is 65.9 cm³/mol. The lowest BCUT2D eigenvalue weighted by Crippen LogP contribution is -2.45. The third-order valence-electron chi connectivity index (χ3n) is 2.88. The Labute approximate surface area is 103 Å². The van der Waals surface area contributed by atoms with Crippen LogP contribution in [0.3, 0.4) is 0 Å². The van der Waals surface area contributed by atoms with E-state index in [2.05, 4.69) is 4.72 Å². The van der Waals surface area contributed by atoms with Gasteiger partial charge in [-0.15, -0.1) is 0 Å². The van der Waals surface area contributed by atoms with Crippen LogP contribution in [0.5, 0.6) is 0 Å². The van der Waals surface area contributed by atoms with Crippen molar-refractivity contribution in [3.63, 3.8) is 0 Å². The molecule has 0 saturated heterocycles. The summed E-state index contributed by atoms with van der Waals surface area (Å²) in [6, 6.07) is -0.169. The maximum Gasteiger partial charge on any atom is 0.304 e. The lowest BCUT2D eigenvalue weighted by atomic mass is 10.0. The van der Waals surface area contributed by atoms with Crippen molar-refractivity contribution in [3.05, 3.63) is 0 Å². The van der Waals surface area contributed by atoms with Gasteiger partial charge in [-0.1, -0.05) is 20.3 Å². The average Bonchev–Trinajstić information content (AvgIpc) is 2.23. The highest BCUT2D eigenvalue weighted by Crippen LogP contribution is 2.09. The van der Waals surface area contributed by atoms with E-state index in [1.165, 1.54) is 7.05 Å². The van der Waals surface area contributed by atoms with Crippen LogP contribution in [-0.4, -0.2) is 43.4 Å². The highest BCUT2D eigenvalue weighted by atomic mass is 32.2. The Morgan fingerprint density at radius 1 is 1.41 bits per heavy atom. The molecule has 6 nitrogen and oxygen atoms in total. The molecule has 2 atom stereocenters. The summed E-state index contributed by atoms with van der Waals surface area (Å²) in [5.74, 6) is -0.778. The van der Waals surface area contributed by atoms with Crippen LogP contribution in [0.2, 0.25) is 0 Å². The molecule has 0 aromatic carbocycles. The molecule has 0 fully saturated rings. The molecule has 0 bridgehead atoms. The maximum atomic E-state index is 11.8. The molecule has 7 heteroatoms. The van der Waals surface area contributed by atoms with Gasteiger partial charge in [0.2, 0.25) is 0 Å². The standard InChI is InChI=1S/C10H22N2O4S/c1-5-8(2)9(3)11-17(15,16)12(4)7-6-10(13)14/h8-9,11H,5-7H2,1-4H3,(H,13,14). The van der Waals surface area contributed by atoms with Crippen molar-refractivity contribution in [2.75, 3.05) is 13.6 Å². The number of hydrogen-bond donors (Lipinski definition) is 2. The van der Waals surface area contributed by atoms with E-state index in [1.807, 2.05) is 13.8 Å². The molecule has 0 saturated carbocycles.